The van der Waals surface area contributed by atoms with Crippen molar-refractivity contribution < 1.29 is 5.11 Å². The van der Waals surface area contributed by atoms with Crippen LogP contribution in [0.2, 0.25) is 0 Å². The van der Waals surface area contributed by atoms with Crippen molar-refractivity contribution in [1.82, 2.24) is 4.90 Å². The second-order valence-electron chi connectivity index (χ2n) is 7.43. The monoisotopic (exact) mass is 287 g/mol. The molecule has 0 spiro atoms. The number of benzene rings is 1. The Morgan fingerprint density at radius 1 is 1.19 bits per heavy atom. The fourth-order valence-corrected chi connectivity index (χ4v) is 4.41. The highest BCUT2D eigenvalue weighted by atomic mass is 16.3. The van der Waals surface area contributed by atoms with Crippen molar-refractivity contribution in [3.8, 4) is 5.75 Å². The van der Waals surface area contributed by atoms with Gasteiger partial charge in [-0.25, -0.2) is 0 Å². The van der Waals surface area contributed by atoms with Gasteiger partial charge in [0.1, 0.15) is 5.75 Å². The highest BCUT2D eigenvalue weighted by molar-refractivity contribution is 5.25. The van der Waals surface area contributed by atoms with E-state index in [2.05, 4.69) is 18.9 Å². The molecule has 1 aromatic rings. The zero-order valence-corrected chi connectivity index (χ0v) is 13.5. The minimum atomic E-state index is 0.361. The van der Waals surface area contributed by atoms with Crippen LogP contribution in [0.3, 0.4) is 0 Å². The minimum Gasteiger partial charge on any atom is -0.508 e. The Morgan fingerprint density at radius 3 is 2.57 bits per heavy atom. The van der Waals surface area contributed by atoms with Crippen molar-refractivity contribution in [2.75, 3.05) is 13.6 Å². The summed E-state index contributed by atoms with van der Waals surface area (Å²) in [4.78, 5) is 2.58. The van der Waals surface area contributed by atoms with Crippen LogP contribution in [-0.4, -0.2) is 29.6 Å². The van der Waals surface area contributed by atoms with Gasteiger partial charge in [0, 0.05) is 12.6 Å². The Labute approximate surface area is 129 Å². The fourth-order valence-electron chi connectivity index (χ4n) is 4.41. The van der Waals surface area contributed by atoms with Gasteiger partial charge in [-0.1, -0.05) is 18.6 Å². The smallest absolute Gasteiger partial charge is 0.115 e. The molecule has 0 heterocycles. The van der Waals surface area contributed by atoms with E-state index in [1.165, 1.54) is 44.2 Å². The summed E-state index contributed by atoms with van der Waals surface area (Å²) in [6.45, 7) is 3.64. The first-order chi connectivity index (χ1) is 10.1. The Kier molecular flexibility index (Phi) is 4.54. The van der Waals surface area contributed by atoms with Gasteiger partial charge < -0.3 is 10.0 Å². The lowest BCUT2D eigenvalue weighted by molar-refractivity contribution is 0.175. The quantitative estimate of drug-likeness (QED) is 0.852. The third-order valence-corrected chi connectivity index (χ3v) is 5.95. The highest BCUT2D eigenvalue weighted by Gasteiger charge is 2.39. The molecule has 4 atom stereocenters. The first kappa shape index (κ1) is 14.9. The second kappa shape index (κ2) is 6.39. The molecule has 116 valence electrons. The number of aromatic hydroxyl groups is 1. The van der Waals surface area contributed by atoms with E-state index in [0.717, 1.165) is 24.2 Å². The predicted octanol–water partition coefficient (Wildman–Crippen LogP) is 4.08. The van der Waals surface area contributed by atoms with E-state index >= 15 is 0 Å². The highest BCUT2D eigenvalue weighted by Crippen LogP contribution is 2.48. The Hall–Kier alpha value is -1.02. The summed E-state index contributed by atoms with van der Waals surface area (Å²) in [7, 11) is 2.30. The van der Waals surface area contributed by atoms with Crippen LogP contribution in [0.5, 0.6) is 5.75 Å². The largest absolute Gasteiger partial charge is 0.508 e. The number of phenols is 1. The molecule has 2 saturated carbocycles. The summed E-state index contributed by atoms with van der Waals surface area (Å²) < 4.78 is 0. The second-order valence-corrected chi connectivity index (χ2v) is 7.43. The number of hydrogen-bond acceptors (Lipinski definition) is 2. The number of hydrogen-bond donors (Lipinski definition) is 1. The molecule has 2 nitrogen and oxygen atoms in total. The molecule has 0 amide bonds. The predicted molar refractivity (Wildman–Crippen MR) is 87.5 cm³/mol. The van der Waals surface area contributed by atoms with Crippen molar-refractivity contribution in [3.63, 3.8) is 0 Å². The van der Waals surface area contributed by atoms with Gasteiger partial charge in [-0.05, 0) is 81.5 Å². The maximum absolute atomic E-state index is 9.33. The lowest BCUT2D eigenvalue weighted by atomic mass is 9.88. The number of aryl methyl sites for hydroxylation is 1. The van der Waals surface area contributed by atoms with Gasteiger partial charge in [-0.15, -0.1) is 0 Å². The van der Waals surface area contributed by atoms with Crippen molar-refractivity contribution in [2.24, 2.45) is 17.8 Å². The average molecular weight is 287 g/mol. The molecule has 0 radical (unpaired) electrons. The molecule has 0 aromatic heterocycles. The number of rotatable bonds is 6. The van der Waals surface area contributed by atoms with Crippen LogP contribution in [-0.2, 0) is 6.42 Å². The van der Waals surface area contributed by atoms with Crippen LogP contribution in [0.15, 0.2) is 24.3 Å². The molecule has 2 heteroatoms. The summed E-state index contributed by atoms with van der Waals surface area (Å²) in [6, 6.07) is 8.30. The molecule has 3 rings (SSSR count). The summed E-state index contributed by atoms with van der Waals surface area (Å²) in [5.41, 5.74) is 1.33. The van der Waals surface area contributed by atoms with E-state index in [-0.39, 0.29) is 0 Å². The molecule has 0 saturated heterocycles. The van der Waals surface area contributed by atoms with Gasteiger partial charge in [-0.2, -0.15) is 0 Å². The Bertz CT molecular complexity index is 455. The van der Waals surface area contributed by atoms with Gasteiger partial charge in [0.05, 0.1) is 0 Å². The molecule has 2 bridgehead atoms. The molecule has 0 aliphatic heterocycles. The molecular weight excluding hydrogens is 258 g/mol. The van der Waals surface area contributed by atoms with Gasteiger partial charge in [0.2, 0.25) is 0 Å². The van der Waals surface area contributed by atoms with E-state index in [1.807, 2.05) is 12.1 Å². The van der Waals surface area contributed by atoms with E-state index < -0.39 is 0 Å². The lowest BCUT2D eigenvalue weighted by Gasteiger charge is -2.31. The summed E-state index contributed by atoms with van der Waals surface area (Å²) in [6.07, 6.45) is 8.29. The standard InChI is InChI=1S/C19H29NO/c1-14(3-4-15-6-9-19(21)10-7-15)20(2)13-18-12-16-5-8-17(18)11-16/h6-7,9-10,14,16-18,21H,3-5,8,11-13H2,1-2H3. The van der Waals surface area contributed by atoms with Crippen molar-refractivity contribution in [3.05, 3.63) is 29.8 Å². The van der Waals surface area contributed by atoms with Crippen LogP contribution in [0.4, 0.5) is 0 Å². The minimum absolute atomic E-state index is 0.361. The van der Waals surface area contributed by atoms with Crippen LogP contribution < -0.4 is 0 Å². The number of fused-ring (bicyclic) bond motifs is 2. The maximum Gasteiger partial charge on any atom is 0.115 e. The van der Waals surface area contributed by atoms with Crippen LogP contribution in [0, 0.1) is 17.8 Å². The summed E-state index contributed by atoms with van der Waals surface area (Å²) in [5.74, 6) is 3.41. The first-order valence-corrected chi connectivity index (χ1v) is 8.60. The fraction of sp³-hybridized carbons (Fsp3) is 0.684. The molecule has 2 aliphatic rings. The van der Waals surface area contributed by atoms with E-state index in [1.54, 1.807) is 12.1 Å². The zero-order chi connectivity index (χ0) is 14.8. The molecule has 1 aromatic carbocycles. The molecule has 21 heavy (non-hydrogen) atoms. The molecule has 1 N–H and O–H groups in total. The van der Waals surface area contributed by atoms with Crippen molar-refractivity contribution in [1.29, 1.82) is 0 Å². The van der Waals surface area contributed by atoms with Crippen LogP contribution >= 0.6 is 0 Å². The Morgan fingerprint density at radius 2 is 1.95 bits per heavy atom. The third kappa shape index (κ3) is 3.60. The maximum atomic E-state index is 9.33. The number of nitrogens with zero attached hydrogens (tertiary/aromatic N) is 1. The normalized spacial score (nSPS) is 29.2. The van der Waals surface area contributed by atoms with E-state index in [0.29, 0.717) is 11.8 Å². The first-order valence-electron chi connectivity index (χ1n) is 8.60. The molecule has 2 aliphatic carbocycles. The van der Waals surface area contributed by atoms with Gasteiger partial charge in [-0.3, -0.25) is 0 Å². The molecule has 2 fully saturated rings. The summed E-state index contributed by atoms with van der Waals surface area (Å²) >= 11 is 0. The van der Waals surface area contributed by atoms with Crippen LogP contribution in [0.25, 0.3) is 0 Å². The lowest BCUT2D eigenvalue weighted by Crippen LogP contribution is -2.35. The van der Waals surface area contributed by atoms with Crippen molar-refractivity contribution in [2.45, 2.75) is 51.5 Å². The molecule has 4 unspecified atom stereocenters. The Balaban J connectivity index is 1.44. The van der Waals surface area contributed by atoms with Gasteiger partial charge >= 0.3 is 0 Å². The SMILES string of the molecule is CC(CCc1ccc(O)cc1)N(C)CC1CC2CCC1C2. The van der Waals surface area contributed by atoms with Crippen molar-refractivity contribution >= 4 is 0 Å². The third-order valence-electron chi connectivity index (χ3n) is 5.95. The summed E-state index contributed by atoms with van der Waals surface area (Å²) in [5, 5.41) is 9.33. The van der Waals surface area contributed by atoms with Crippen LogP contribution in [0.1, 0.15) is 44.6 Å². The average Bonchev–Trinajstić information content (AvgIpc) is 3.09. The van der Waals surface area contributed by atoms with Gasteiger partial charge in [0.15, 0.2) is 0 Å². The van der Waals surface area contributed by atoms with E-state index in [9.17, 15) is 5.11 Å². The topological polar surface area (TPSA) is 23.5 Å². The number of phenolic OH excluding ortho intramolecular Hbond substituents is 1. The molecular formula is C19H29NO. The zero-order valence-electron chi connectivity index (χ0n) is 13.5. The van der Waals surface area contributed by atoms with Gasteiger partial charge in [0.25, 0.3) is 0 Å². The van der Waals surface area contributed by atoms with E-state index in [4.69, 9.17) is 0 Å².